The van der Waals surface area contributed by atoms with E-state index in [0.29, 0.717) is 6.61 Å². The molecule has 1 N–H and O–H groups in total. The number of benzene rings is 3. The van der Waals surface area contributed by atoms with Crippen molar-refractivity contribution in [3.05, 3.63) is 72.3 Å². The van der Waals surface area contributed by atoms with Gasteiger partial charge in [-0.25, -0.2) is 4.79 Å². The maximum absolute atomic E-state index is 11.8. The van der Waals surface area contributed by atoms with E-state index >= 15 is 0 Å². The first kappa shape index (κ1) is 38.1. The zero-order valence-electron chi connectivity index (χ0n) is 29.4. The molecule has 0 saturated heterocycles. The lowest BCUT2D eigenvalue weighted by Crippen LogP contribution is -2.18. The molecule has 258 valence electrons. The molecule has 0 bridgehead atoms. The first-order valence-electron chi connectivity index (χ1n) is 18.5. The minimum Gasteiger partial charge on any atom is -0.494 e. The van der Waals surface area contributed by atoms with Crippen LogP contribution in [0.2, 0.25) is 0 Å². The molecule has 5 heteroatoms. The predicted molar refractivity (Wildman–Crippen MR) is 196 cm³/mol. The van der Waals surface area contributed by atoms with Crippen molar-refractivity contribution in [2.75, 3.05) is 19.8 Å². The summed E-state index contributed by atoms with van der Waals surface area (Å²) in [4.78, 5) is 11.8. The summed E-state index contributed by atoms with van der Waals surface area (Å²) in [6, 6.07) is 21.3. The summed E-state index contributed by atoms with van der Waals surface area (Å²) >= 11 is 0. The van der Waals surface area contributed by atoms with Crippen LogP contribution >= 0.6 is 0 Å². The lowest BCUT2D eigenvalue weighted by Gasteiger charge is -2.15. The Morgan fingerprint density at radius 3 is 1.57 bits per heavy atom. The Kier molecular flexibility index (Phi) is 18.7. The lowest BCUT2D eigenvalue weighted by atomic mass is 9.92. The average Bonchev–Trinajstić information content (AvgIpc) is 3.09. The van der Waals surface area contributed by atoms with Gasteiger partial charge < -0.3 is 19.3 Å². The molecule has 47 heavy (non-hydrogen) atoms. The van der Waals surface area contributed by atoms with Gasteiger partial charge in [-0.2, -0.15) is 0 Å². The van der Waals surface area contributed by atoms with Crippen LogP contribution in [0, 0.1) is 0 Å². The van der Waals surface area contributed by atoms with Gasteiger partial charge in [-0.15, -0.1) is 0 Å². The molecular formula is C42H60O5. The van der Waals surface area contributed by atoms with Gasteiger partial charge in [0.1, 0.15) is 18.1 Å². The Bertz CT molecular complexity index is 1250. The Morgan fingerprint density at radius 2 is 1.04 bits per heavy atom. The molecule has 0 aromatic heterocycles. The highest BCUT2D eigenvalue weighted by Crippen LogP contribution is 2.35. The Labute approximate surface area is 285 Å². The van der Waals surface area contributed by atoms with E-state index in [1.807, 2.05) is 49.4 Å². The van der Waals surface area contributed by atoms with Crippen molar-refractivity contribution in [2.24, 2.45) is 0 Å². The third kappa shape index (κ3) is 15.0. The van der Waals surface area contributed by atoms with Gasteiger partial charge in [-0.3, -0.25) is 0 Å². The number of ether oxygens (including phenoxy) is 3. The SMILES string of the molecule is CCCCCCCCCCCCOc1ccc(-c2ccc(C(=O)O)cc2-c2ccc(OCC(C)OCCCCCCCC)cc2)cc1. The number of hydrogen-bond donors (Lipinski definition) is 1. The topological polar surface area (TPSA) is 65.0 Å². The molecule has 3 rings (SSSR count). The van der Waals surface area contributed by atoms with Gasteiger partial charge in [0.25, 0.3) is 0 Å². The highest BCUT2D eigenvalue weighted by molar-refractivity contribution is 5.93. The van der Waals surface area contributed by atoms with E-state index in [0.717, 1.165) is 59.8 Å². The maximum atomic E-state index is 11.8. The van der Waals surface area contributed by atoms with E-state index in [9.17, 15) is 9.90 Å². The highest BCUT2D eigenvalue weighted by Gasteiger charge is 2.13. The fourth-order valence-electron chi connectivity index (χ4n) is 5.84. The molecule has 0 aliphatic heterocycles. The summed E-state index contributed by atoms with van der Waals surface area (Å²) in [5.41, 5.74) is 4.05. The predicted octanol–water partition coefficient (Wildman–Crippen LogP) is 12.2. The van der Waals surface area contributed by atoms with Crippen LogP contribution in [-0.2, 0) is 4.74 Å². The van der Waals surface area contributed by atoms with Crippen molar-refractivity contribution in [1.82, 2.24) is 0 Å². The molecule has 0 saturated carbocycles. The second kappa shape index (κ2) is 23.1. The van der Waals surface area contributed by atoms with Crippen LogP contribution in [0.5, 0.6) is 11.5 Å². The van der Waals surface area contributed by atoms with Crippen LogP contribution < -0.4 is 9.47 Å². The van der Waals surface area contributed by atoms with Gasteiger partial charge in [-0.1, -0.05) is 134 Å². The van der Waals surface area contributed by atoms with E-state index in [-0.39, 0.29) is 11.7 Å². The summed E-state index contributed by atoms with van der Waals surface area (Å²) in [5.74, 6) is 0.687. The van der Waals surface area contributed by atoms with Crippen LogP contribution in [0.25, 0.3) is 22.3 Å². The molecule has 1 atom stereocenters. The first-order valence-corrected chi connectivity index (χ1v) is 18.5. The fraction of sp³-hybridized carbons (Fsp3) is 0.548. The Hall–Kier alpha value is -3.31. The monoisotopic (exact) mass is 644 g/mol. The normalized spacial score (nSPS) is 11.8. The standard InChI is InChI=1S/C42H60O5/c1-4-6-8-10-12-13-14-15-17-19-31-46-38-25-20-35(21-26-38)40-29-24-37(42(43)44)32-41(40)36-22-27-39(28-23-36)47-33-34(3)45-30-18-16-11-9-7-5-2/h20-29,32,34H,4-19,30-31,33H2,1-3H3,(H,43,44). The molecular weight excluding hydrogens is 584 g/mol. The van der Waals surface area contributed by atoms with Crippen molar-refractivity contribution in [1.29, 1.82) is 0 Å². The molecule has 0 aliphatic carbocycles. The summed E-state index contributed by atoms with van der Waals surface area (Å²) in [5, 5.41) is 9.70. The Morgan fingerprint density at radius 1 is 0.574 bits per heavy atom. The van der Waals surface area contributed by atoms with Crippen molar-refractivity contribution in [3.8, 4) is 33.8 Å². The molecule has 1 unspecified atom stereocenters. The quantitative estimate of drug-likeness (QED) is 0.0881. The summed E-state index contributed by atoms with van der Waals surface area (Å²) in [7, 11) is 0. The lowest BCUT2D eigenvalue weighted by molar-refractivity contribution is 0.0302. The van der Waals surface area contributed by atoms with E-state index < -0.39 is 5.97 Å². The number of hydrogen-bond acceptors (Lipinski definition) is 4. The average molecular weight is 645 g/mol. The molecule has 0 radical (unpaired) electrons. The van der Waals surface area contributed by atoms with Gasteiger partial charge in [-0.05, 0) is 78.4 Å². The Balaban J connectivity index is 1.49. The van der Waals surface area contributed by atoms with E-state index in [2.05, 4.69) is 26.0 Å². The number of unbranched alkanes of at least 4 members (excludes halogenated alkanes) is 14. The zero-order chi connectivity index (χ0) is 33.5. The van der Waals surface area contributed by atoms with Crippen molar-refractivity contribution < 1.29 is 24.1 Å². The van der Waals surface area contributed by atoms with Gasteiger partial charge >= 0.3 is 5.97 Å². The smallest absolute Gasteiger partial charge is 0.335 e. The summed E-state index contributed by atoms with van der Waals surface area (Å²) in [6.07, 6.45) is 20.6. The van der Waals surface area contributed by atoms with E-state index in [4.69, 9.17) is 14.2 Å². The highest BCUT2D eigenvalue weighted by atomic mass is 16.5. The number of carbonyl (C=O) groups is 1. The summed E-state index contributed by atoms with van der Waals surface area (Å²) in [6.45, 7) is 8.53. The third-order valence-electron chi connectivity index (χ3n) is 8.75. The number of carboxylic acids is 1. The van der Waals surface area contributed by atoms with Crippen molar-refractivity contribution in [3.63, 3.8) is 0 Å². The molecule has 3 aromatic carbocycles. The summed E-state index contributed by atoms with van der Waals surface area (Å²) < 4.78 is 18.0. The van der Waals surface area contributed by atoms with Crippen molar-refractivity contribution in [2.45, 2.75) is 130 Å². The van der Waals surface area contributed by atoms with Crippen LogP contribution in [-0.4, -0.2) is 37.0 Å². The van der Waals surface area contributed by atoms with Crippen LogP contribution in [0.4, 0.5) is 0 Å². The third-order valence-corrected chi connectivity index (χ3v) is 8.75. The van der Waals surface area contributed by atoms with E-state index in [1.54, 1.807) is 12.1 Å². The minimum absolute atomic E-state index is 0.0195. The van der Waals surface area contributed by atoms with Crippen LogP contribution in [0.15, 0.2) is 66.7 Å². The van der Waals surface area contributed by atoms with Gasteiger partial charge in [0.2, 0.25) is 0 Å². The molecule has 0 amide bonds. The zero-order valence-corrected chi connectivity index (χ0v) is 29.4. The molecule has 0 spiro atoms. The van der Waals surface area contributed by atoms with Crippen molar-refractivity contribution >= 4 is 5.97 Å². The molecule has 5 nitrogen and oxygen atoms in total. The minimum atomic E-state index is -0.941. The van der Waals surface area contributed by atoms with Crippen LogP contribution in [0.1, 0.15) is 134 Å². The second-order valence-corrected chi connectivity index (χ2v) is 12.9. The first-order chi connectivity index (χ1) is 23.0. The molecule has 0 aliphatic rings. The molecule has 0 fully saturated rings. The maximum Gasteiger partial charge on any atom is 0.335 e. The van der Waals surface area contributed by atoms with Gasteiger partial charge in [0.15, 0.2) is 0 Å². The van der Waals surface area contributed by atoms with Gasteiger partial charge in [0.05, 0.1) is 18.3 Å². The van der Waals surface area contributed by atoms with E-state index in [1.165, 1.54) is 89.9 Å². The second-order valence-electron chi connectivity index (χ2n) is 12.9. The fourth-order valence-corrected chi connectivity index (χ4v) is 5.84. The van der Waals surface area contributed by atoms with Crippen LogP contribution in [0.3, 0.4) is 0 Å². The molecule has 0 heterocycles. The number of aromatic carboxylic acids is 1. The number of carboxylic acid groups (broad SMARTS) is 1. The van der Waals surface area contributed by atoms with Gasteiger partial charge in [0, 0.05) is 6.61 Å². The molecule has 3 aromatic rings. The largest absolute Gasteiger partial charge is 0.494 e. The number of rotatable bonds is 26.